The average Bonchev–Trinajstić information content (AvgIpc) is 3.73. The smallest absolute Gasteiger partial charge is 1.00 e. The topological polar surface area (TPSA) is 13.1 Å². The van der Waals surface area contributed by atoms with Gasteiger partial charge in [0, 0.05) is 0 Å². The van der Waals surface area contributed by atoms with Crippen molar-refractivity contribution in [2.75, 3.05) is 0 Å². The summed E-state index contributed by atoms with van der Waals surface area (Å²) in [6.45, 7) is 16.5. The number of benzene rings is 4. The van der Waals surface area contributed by atoms with Crippen molar-refractivity contribution in [3.8, 4) is 22.3 Å². The van der Waals surface area contributed by atoms with E-state index in [4.69, 9.17) is 4.42 Å². The molecule has 1 aromatic heterocycles. The molecule has 0 saturated heterocycles. The molecule has 2 aliphatic rings. The number of fused-ring (bicyclic) bond motifs is 2. The van der Waals surface area contributed by atoms with Gasteiger partial charge in [0.2, 0.25) is 0 Å². The summed E-state index contributed by atoms with van der Waals surface area (Å²) in [6.07, 6.45) is 7.62. The summed E-state index contributed by atoms with van der Waals surface area (Å²) in [4.78, 5) is 0. The summed E-state index contributed by atoms with van der Waals surface area (Å²) in [6, 6.07) is 31.5. The van der Waals surface area contributed by atoms with Crippen LogP contribution >= 0.6 is 0 Å². The van der Waals surface area contributed by atoms with E-state index in [0.717, 1.165) is 11.5 Å². The Balaban J connectivity index is 0.00000208. The molecule has 5 aromatic rings. The molecule has 46 heavy (non-hydrogen) atoms. The van der Waals surface area contributed by atoms with E-state index in [2.05, 4.69) is 151 Å². The quantitative estimate of drug-likeness (QED) is 0.221. The Bertz CT molecular complexity index is 2030. The summed E-state index contributed by atoms with van der Waals surface area (Å²) >= 11 is -2.34. The van der Waals surface area contributed by atoms with Crippen molar-refractivity contribution in [3.63, 3.8) is 0 Å². The first-order valence-electron chi connectivity index (χ1n) is 15.8. The van der Waals surface area contributed by atoms with Crippen LogP contribution in [0.15, 0.2) is 95.4 Å². The molecular weight excluding hydrogens is 699 g/mol. The third-order valence-electron chi connectivity index (χ3n) is 9.92. The van der Waals surface area contributed by atoms with Crippen LogP contribution < -0.4 is 24.8 Å². The third-order valence-corrected chi connectivity index (χ3v) is 29.1. The molecule has 2 atom stereocenters. The zero-order valence-corrected chi connectivity index (χ0v) is 32.6. The van der Waals surface area contributed by atoms with Gasteiger partial charge < -0.3 is 24.8 Å². The molecule has 2 aliphatic carbocycles. The Morgan fingerprint density at radius 3 is 1.72 bits per heavy atom. The van der Waals surface area contributed by atoms with Crippen LogP contribution in [0.25, 0.3) is 40.0 Å². The van der Waals surface area contributed by atoms with Gasteiger partial charge in [-0.1, -0.05) is 0 Å². The van der Waals surface area contributed by atoms with Gasteiger partial charge in [0.05, 0.1) is 0 Å². The second-order valence-corrected chi connectivity index (χ2v) is 30.8. The molecule has 7 rings (SSSR count). The molecule has 0 radical (unpaired) electrons. The molecule has 0 saturated carbocycles. The summed E-state index contributed by atoms with van der Waals surface area (Å²) in [5.41, 5.74) is 17.9. The van der Waals surface area contributed by atoms with Crippen LogP contribution in [0.3, 0.4) is 0 Å². The molecule has 0 fully saturated rings. The number of halogens is 2. The molecule has 0 aliphatic heterocycles. The van der Waals surface area contributed by atoms with Crippen LogP contribution in [-0.2, 0) is 20.4 Å². The first-order valence-corrected chi connectivity index (χ1v) is 24.8. The van der Waals surface area contributed by atoms with Gasteiger partial charge in [-0.3, -0.25) is 0 Å². The first-order chi connectivity index (χ1) is 21.2. The molecule has 0 spiro atoms. The normalized spacial score (nSPS) is 15.7. The van der Waals surface area contributed by atoms with E-state index in [9.17, 15) is 0 Å². The minimum Gasteiger partial charge on any atom is -1.00 e. The molecule has 0 N–H and O–H groups in total. The fourth-order valence-electron chi connectivity index (χ4n) is 7.60. The van der Waals surface area contributed by atoms with Gasteiger partial charge in [0.15, 0.2) is 0 Å². The van der Waals surface area contributed by atoms with Crippen LogP contribution in [0, 0.1) is 34.6 Å². The van der Waals surface area contributed by atoms with Gasteiger partial charge in [-0.2, -0.15) is 0 Å². The van der Waals surface area contributed by atoms with Gasteiger partial charge in [-0.05, 0) is 0 Å². The minimum atomic E-state index is -2.34. The second-order valence-electron chi connectivity index (χ2n) is 12.9. The zero-order valence-electron chi connectivity index (χ0n) is 27.6. The fraction of sp³-hybridized carbons (Fsp3) is 0.220. The Labute approximate surface area is 294 Å². The van der Waals surface area contributed by atoms with Crippen molar-refractivity contribution in [2.24, 2.45) is 0 Å². The summed E-state index contributed by atoms with van der Waals surface area (Å²) < 4.78 is 7.45. The van der Waals surface area contributed by atoms with E-state index in [1.807, 2.05) is 0 Å². The van der Waals surface area contributed by atoms with Crippen LogP contribution in [0.5, 0.6) is 0 Å². The van der Waals surface area contributed by atoms with Crippen LogP contribution in [-0.4, -0.2) is 5.43 Å². The van der Waals surface area contributed by atoms with E-state index >= 15 is 0 Å². The largest absolute Gasteiger partial charge is 1.00 e. The summed E-state index contributed by atoms with van der Waals surface area (Å²) in [7, 11) is 0. The van der Waals surface area contributed by atoms with Crippen LogP contribution in [0.4, 0.5) is 0 Å². The molecule has 2 unspecified atom stereocenters. The Kier molecular flexibility index (Phi) is 10.4. The maximum Gasteiger partial charge on any atom is -1.00 e. The first kappa shape index (κ1) is 34.6. The van der Waals surface area contributed by atoms with E-state index in [0.29, 0.717) is 7.25 Å². The Morgan fingerprint density at radius 1 is 0.652 bits per heavy atom. The van der Waals surface area contributed by atoms with Crippen molar-refractivity contribution in [3.05, 3.63) is 147 Å². The van der Waals surface area contributed by atoms with Gasteiger partial charge >= 0.3 is 272 Å². The minimum absolute atomic E-state index is 0. The molecule has 5 heteroatoms. The second kappa shape index (κ2) is 13.8. The Hall–Kier alpha value is -2.68. The van der Waals surface area contributed by atoms with E-state index in [1.54, 1.807) is 11.1 Å². The number of allylic oxidation sites excluding steroid dienone is 2. The van der Waals surface area contributed by atoms with Gasteiger partial charge in [-0.25, -0.2) is 0 Å². The van der Waals surface area contributed by atoms with E-state index in [-0.39, 0.29) is 24.8 Å². The Morgan fingerprint density at radius 2 is 1.20 bits per heavy atom. The third kappa shape index (κ3) is 5.83. The molecule has 0 amide bonds. The maximum atomic E-state index is 6.47. The van der Waals surface area contributed by atoms with Gasteiger partial charge in [0.1, 0.15) is 0 Å². The average molecular weight is 739 g/mol. The molecule has 4 aromatic carbocycles. The fourth-order valence-corrected chi connectivity index (χ4v) is 26.8. The molecule has 1 nitrogen and oxygen atoms in total. The number of hydrogen-bond donors (Lipinski definition) is 0. The van der Waals surface area contributed by atoms with E-state index < -0.39 is 25.8 Å². The molecule has 232 valence electrons. The number of rotatable bonds is 5. The number of furan rings is 1. The van der Waals surface area contributed by atoms with Gasteiger partial charge in [0.25, 0.3) is 0 Å². The van der Waals surface area contributed by atoms with Crippen molar-refractivity contribution in [1.29, 1.82) is 0 Å². The predicted octanol–water partition coefficient (Wildman–Crippen LogP) is 5.40. The standard InChI is InChI=1S/C22H19O.C17H15.C2H6Si.2ClH.Zr/c1-14-11-18-12-19(21-10-9-15(2)23-21)13-20(18)22(16(14)3)17-7-5-4-6-8-17;1-12-11-15-9-6-10-16(15)17(13(12)2)14-7-4-3-5-8-14;1-3-2;;;/h4-13H,1-3H3;3-11H,1-2H3;1-2H3;2*1H;/q;;;;;+2/p-2. The summed E-state index contributed by atoms with van der Waals surface area (Å²) in [5.74, 6) is 2.05. The van der Waals surface area contributed by atoms with Crippen LogP contribution in [0.2, 0.25) is 13.1 Å². The van der Waals surface area contributed by atoms with Crippen molar-refractivity contribution < 1.29 is 49.6 Å². The zero-order chi connectivity index (χ0) is 30.7. The number of hydrogen-bond acceptors (Lipinski definition) is 1. The van der Waals surface area contributed by atoms with Crippen LogP contribution in [0.1, 0.15) is 63.3 Å². The molecular formula is C41H40Cl2OSiZr. The molecule has 1 heterocycles. The monoisotopic (exact) mass is 736 g/mol. The van der Waals surface area contributed by atoms with Gasteiger partial charge in [-0.15, -0.1) is 0 Å². The predicted molar refractivity (Wildman–Crippen MR) is 186 cm³/mol. The van der Waals surface area contributed by atoms with E-state index in [1.165, 1.54) is 61.2 Å². The van der Waals surface area contributed by atoms with Crippen molar-refractivity contribution >= 4 is 23.2 Å². The summed E-state index contributed by atoms with van der Waals surface area (Å²) in [5, 5.41) is 0. The molecule has 0 bridgehead atoms. The van der Waals surface area contributed by atoms with Crippen molar-refractivity contribution in [1.82, 2.24) is 0 Å². The SMILES string of the molecule is Cc1ccc(C2=Cc3c(cc(C)c(C)c3-c3ccccc3)[CH]2[Zr+2]([CH]2C=Cc3c2cc(C)c(C)c3-c2ccccc2)=[Si](C)C)o1.[Cl-].[Cl-]. The number of aryl methyl sites for hydroxylation is 3. The van der Waals surface area contributed by atoms with Crippen molar-refractivity contribution in [2.45, 2.75) is 55.0 Å². The maximum absolute atomic E-state index is 6.47.